The molecule has 19 heavy (non-hydrogen) atoms. The van der Waals surface area contributed by atoms with Crippen LogP contribution in [0, 0.1) is 5.41 Å². The van der Waals surface area contributed by atoms with Crippen molar-refractivity contribution in [1.29, 1.82) is 0 Å². The molecule has 1 amide bonds. The Labute approximate surface area is 121 Å². The Hall–Kier alpha value is -0.680. The number of amides is 1. The first-order chi connectivity index (χ1) is 9.06. The van der Waals surface area contributed by atoms with Gasteiger partial charge in [-0.2, -0.15) is 0 Å². The number of nitrogens with two attached hydrogens (primary N) is 1. The Morgan fingerprint density at radius 2 is 2.05 bits per heavy atom. The molecule has 0 aromatic heterocycles. The predicted molar refractivity (Wildman–Crippen MR) is 81.0 cm³/mol. The lowest BCUT2D eigenvalue weighted by atomic mass is 9.78. The predicted octanol–water partition coefficient (Wildman–Crippen LogP) is 2.15. The molecule has 1 atom stereocenters. The molecule has 0 aromatic carbocycles. The minimum Gasteiger partial charge on any atom is -0.392 e. The summed E-state index contributed by atoms with van der Waals surface area (Å²) in [7, 11) is 0. The molecular formula is C14H26N2O2S. The molecule has 0 spiro atoms. The summed E-state index contributed by atoms with van der Waals surface area (Å²) in [5.41, 5.74) is 5.20. The molecule has 0 radical (unpaired) electrons. The molecule has 1 aliphatic heterocycles. The molecule has 0 aliphatic carbocycles. The van der Waals surface area contributed by atoms with Gasteiger partial charge in [-0.1, -0.05) is 38.9 Å². The fourth-order valence-electron chi connectivity index (χ4n) is 2.74. The van der Waals surface area contributed by atoms with Crippen molar-refractivity contribution in [2.75, 3.05) is 13.2 Å². The summed E-state index contributed by atoms with van der Waals surface area (Å²) in [5, 5.41) is 3.08. The topological polar surface area (TPSA) is 64.3 Å². The van der Waals surface area contributed by atoms with Crippen LogP contribution >= 0.6 is 12.2 Å². The molecular weight excluding hydrogens is 260 g/mol. The summed E-state index contributed by atoms with van der Waals surface area (Å²) in [6, 6.07) is 0.101. The molecule has 1 rings (SSSR count). The normalized spacial score (nSPS) is 20.0. The largest absolute Gasteiger partial charge is 0.392 e. The van der Waals surface area contributed by atoms with Crippen molar-refractivity contribution in [2.24, 2.45) is 11.1 Å². The molecule has 1 heterocycles. The zero-order chi connectivity index (χ0) is 14.3. The van der Waals surface area contributed by atoms with Gasteiger partial charge in [0.15, 0.2) is 0 Å². The molecule has 0 aromatic rings. The van der Waals surface area contributed by atoms with Gasteiger partial charge in [0, 0.05) is 6.61 Å². The summed E-state index contributed by atoms with van der Waals surface area (Å²) >= 11 is 5.19. The van der Waals surface area contributed by atoms with Crippen LogP contribution in [0.2, 0.25) is 0 Å². The lowest BCUT2D eigenvalue weighted by Crippen LogP contribution is -2.53. The van der Waals surface area contributed by atoms with E-state index in [2.05, 4.69) is 19.2 Å². The van der Waals surface area contributed by atoms with Gasteiger partial charge in [-0.05, 0) is 25.7 Å². The van der Waals surface area contributed by atoms with Crippen molar-refractivity contribution < 1.29 is 9.53 Å². The molecule has 1 saturated heterocycles. The van der Waals surface area contributed by atoms with Crippen LogP contribution in [0.4, 0.5) is 0 Å². The van der Waals surface area contributed by atoms with Crippen LogP contribution in [0.3, 0.4) is 0 Å². The maximum absolute atomic E-state index is 12.6. The van der Waals surface area contributed by atoms with Crippen molar-refractivity contribution in [3.63, 3.8) is 0 Å². The van der Waals surface area contributed by atoms with Gasteiger partial charge >= 0.3 is 0 Å². The van der Waals surface area contributed by atoms with E-state index in [1.165, 1.54) is 0 Å². The third-order valence-corrected chi connectivity index (χ3v) is 4.15. The van der Waals surface area contributed by atoms with E-state index in [1.54, 1.807) is 0 Å². The van der Waals surface area contributed by atoms with Crippen LogP contribution in [0.1, 0.15) is 52.4 Å². The lowest BCUT2D eigenvalue weighted by Gasteiger charge is -2.34. The maximum Gasteiger partial charge on any atom is 0.233 e. The maximum atomic E-state index is 12.6. The summed E-state index contributed by atoms with van der Waals surface area (Å²) in [5.74, 6) is -0.0146. The second kappa shape index (κ2) is 7.80. The van der Waals surface area contributed by atoms with Crippen molar-refractivity contribution in [2.45, 2.75) is 58.4 Å². The van der Waals surface area contributed by atoms with E-state index in [0.717, 1.165) is 45.1 Å². The molecule has 0 saturated carbocycles. The third-order valence-electron chi connectivity index (χ3n) is 3.76. The van der Waals surface area contributed by atoms with Crippen molar-refractivity contribution >= 4 is 23.1 Å². The Bertz CT molecular complexity index is 309. The Balaban J connectivity index is 2.76. The smallest absolute Gasteiger partial charge is 0.233 e. The van der Waals surface area contributed by atoms with Gasteiger partial charge in [0.25, 0.3) is 0 Å². The van der Waals surface area contributed by atoms with Gasteiger partial charge < -0.3 is 15.8 Å². The molecule has 4 nitrogen and oxygen atoms in total. The summed E-state index contributed by atoms with van der Waals surface area (Å²) in [6.07, 6.45) is 5.19. The number of thiocarbonyl (C=S) groups is 1. The Kier molecular flexibility index (Phi) is 6.72. The molecule has 1 aliphatic rings. The third kappa shape index (κ3) is 4.14. The summed E-state index contributed by atoms with van der Waals surface area (Å²) in [4.78, 5) is 12.9. The second-order valence-electron chi connectivity index (χ2n) is 5.33. The van der Waals surface area contributed by atoms with Crippen LogP contribution < -0.4 is 11.1 Å². The van der Waals surface area contributed by atoms with Crippen molar-refractivity contribution in [3.05, 3.63) is 0 Å². The lowest BCUT2D eigenvalue weighted by molar-refractivity contribution is -0.129. The monoisotopic (exact) mass is 286 g/mol. The second-order valence-corrected chi connectivity index (χ2v) is 5.77. The van der Waals surface area contributed by atoms with E-state index < -0.39 is 5.41 Å². The number of hydrogen-bond acceptors (Lipinski definition) is 3. The van der Waals surface area contributed by atoms with Gasteiger partial charge in [0.2, 0.25) is 5.91 Å². The van der Waals surface area contributed by atoms with E-state index in [0.29, 0.717) is 11.6 Å². The zero-order valence-electron chi connectivity index (χ0n) is 12.0. The van der Waals surface area contributed by atoms with Crippen LogP contribution in [-0.2, 0) is 9.53 Å². The van der Waals surface area contributed by atoms with E-state index in [4.69, 9.17) is 22.7 Å². The van der Waals surface area contributed by atoms with Gasteiger partial charge in [-0.3, -0.25) is 4.79 Å². The van der Waals surface area contributed by atoms with Crippen LogP contribution in [-0.4, -0.2) is 30.2 Å². The van der Waals surface area contributed by atoms with Crippen molar-refractivity contribution in [3.8, 4) is 0 Å². The average Bonchev–Trinajstić information content (AvgIpc) is 2.39. The fraction of sp³-hybridized carbons (Fsp3) is 0.857. The quantitative estimate of drug-likeness (QED) is 0.704. The minimum absolute atomic E-state index is 0.0146. The number of hydrogen-bond donors (Lipinski definition) is 2. The minimum atomic E-state index is -0.684. The summed E-state index contributed by atoms with van der Waals surface area (Å²) in [6.45, 7) is 5.49. The van der Waals surface area contributed by atoms with Gasteiger partial charge in [-0.25, -0.2) is 0 Å². The first-order valence-corrected chi connectivity index (χ1v) is 7.66. The highest BCUT2D eigenvalue weighted by molar-refractivity contribution is 7.80. The molecule has 5 heteroatoms. The molecule has 3 N–H and O–H groups in total. The van der Waals surface area contributed by atoms with E-state index in [1.807, 2.05) is 0 Å². The van der Waals surface area contributed by atoms with Gasteiger partial charge in [0.05, 0.1) is 23.1 Å². The summed E-state index contributed by atoms with van der Waals surface area (Å²) < 4.78 is 5.40. The Morgan fingerprint density at radius 3 is 2.47 bits per heavy atom. The molecule has 1 fully saturated rings. The highest BCUT2D eigenvalue weighted by atomic mass is 32.1. The standard InChI is InChI=1S/C14H26N2O2S/c1-3-7-14(8-4-2,12(15)19)13(17)16-11-6-5-9-18-10-11/h11H,3-10H2,1-2H3,(H2,15,19)(H,16,17). The highest BCUT2D eigenvalue weighted by Crippen LogP contribution is 2.31. The number of nitrogens with one attached hydrogen (secondary N) is 1. The molecule has 110 valence electrons. The molecule has 0 bridgehead atoms. The fourth-order valence-corrected chi connectivity index (χ4v) is 3.04. The van der Waals surface area contributed by atoms with E-state index >= 15 is 0 Å². The van der Waals surface area contributed by atoms with Crippen LogP contribution in [0.15, 0.2) is 0 Å². The van der Waals surface area contributed by atoms with Gasteiger partial charge in [0.1, 0.15) is 0 Å². The first-order valence-electron chi connectivity index (χ1n) is 7.25. The van der Waals surface area contributed by atoms with Crippen LogP contribution in [0.5, 0.6) is 0 Å². The van der Waals surface area contributed by atoms with E-state index in [9.17, 15) is 4.79 Å². The molecule has 1 unspecified atom stereocenters. The number of ether oxygens (including phenoxy) is 1. The average molecular weight is 286 g/mol. The highest BCUT2D eigenvalue weighted by Gasteiger charge is 2.40. The zero-order valence-corrected chi connectivity index (χ0v) is 12.9. The number of rotatable bonds is 7. The van der Waals surface area contributed by atoms with Gasteiger partial charge in [-0.15, -0.1) is 0 Å². The number of carbonyl (C=O) groups is 1. The Morgan fingerprint density at radius 1 is 1.42 bits per heavy atom. The van der Waals surface area contributed by atoms with E-state index in [-0.39, 0.29) is 11.9 Å². The van der Waals surface area contributed by atoms with Crippen molar-refractivity contribution in [1.82, 2.24) is 5.32 Å². The number of carbonyl (C=O) groups excluding carboxylic acids is 1. The van der Waals surface area contributed by atoms with Crippen LogP contribution in [0.25, 0.3) is 0 Å². The SMILES string of the molecule is CCCC(CCC)(C(=O)NC1CCCOC1)C(N)=S. The first kappa shape index (κ1) is 16.4.